The van der Waals surface area contributed by atoms with Crippen molar-refractivity contribution in [2.24, 2.45) is 0 Å². The normalized spacial score (nSPS) is 11.0. The molecule has 5 heteroatoms. The summed E-state index contributed by atoms with van der Waals surface area (Å²) in [6.07, 6.45) is 0. The first-order chi connectivity index (χ1) is 11.2. The molecule has 0 aliphatic rings. The molecule has 2 heterocycles. The zero-order valence-corrected chi connectivity index (χ0v) is 12.9. The Morgan fingerprint density at radius 1 is 0.957 bits per heavy atom. The molecular weight excluding hydrogens is 290 g/mol. The van der Waals surface area contributed by atoms with Gasteiger partial charge in [-0.3, -0.25) is 0 Å². The maximum Gasteiger partial charge on any atom is 0.230 e. The van der Waals surface area contributed by atoms with Gasteiger partial charge < -0.3 is 9.47 Å². The van der Waals surface area contributed by atoms with Crippen molar-refractivity contribution in [3.63, 3.8) is 0 Å². The Labute approximate surface area is 133 Å². The number of methoxy groups -OCH3 is 1. The third-order valence-corrected chi connectivity index (χ3v) is 3.67. The summed E-state index contributed by atoms with van der Waals surface area (Å²) in [6.45, 7) is 1.95. The highest BCUT2D eigenvalue weighted by atomic mass is 16.5. The van der Waals surface area contributed by atoms with Crippen molar-refractivity contribution >= 4 is 16.6 Å². The van der Waals surface area contributed by atoms with Gasteiger partial charge >= 0.3 is 0 Å². The summed E-state index contributed by atoms with van der Waals surface area (Å²) in [6, 6.07) is 17.3. The number of ether oxygens (including phenoxy) is 2. The van der Waals surface area contributed by atoms with E-state index in [-0.39, 0.29) is 0 Å². The minimum Gasteiger partial charge on any atom is -0.497 e. The van der Waals surface area contributed by atoms with Gasteiger partial charge in [0.15, 0.2) is 5.65 Å². The Balaban J connectivity index is 1.86. The molecule has 2 aromatic carbocycles. The van der Waals surface area contributed by atoms with Crippen LogP contribution in [-0.2, 0) is 0 Å². The maximum atomic E-state index is 6.00. The van der Waals surface area contributed by atoms with Crippen LogP contribution in [0.5, 0.6) is 17.4 Å². The van der Waals surface area contributed by atoms with E-state index < -0.39 is 0 Å². The predicted octanol–water partition coefficient (Wildman–Crippen LogP) is 3.99. The molecule has 5 nitrogen and oxygen atoms in total. The second kappa shape index (κ2) is 5.28. The molecule has 114 valence electrons. The third-order valence-electron chi connectivity index (χ3n) is 3.67. The van der Waals surface area contributed by atoms with Crippen molar-refractivity contribution in [2.45, 2.75) is 6.92 Å². The largest absolute Gasteiger partial charge is 0.497 e. The number of para-hydroxylation sites is 1. The van der Waals surface area contributed by atoms with Crippen molar-refractivity contribution in [2.75, 3.05) is 7.11 Å². The lowest BCUT2D eigenvalue weighted by atomic mass is 10.2. The lowest BCUT2D eigenvalue weighted by molar-refractivity contribution is 0.412. The molecular formula is C18H15N3O2. The van der Waals surface area contributed by atoms with E-state index in [0.717, 1.165) is 28.0 Å². The van der Waals surface area contributed by atoms with Crippen molar-refractivity contribution in [1.29, 1.82) is 0 Å². The van der Waals surface area contributed by atoms with Gasteiger partial charge in [-0.25, -0.2) is 4.52 Å². The maximum absolute atomic E-state index is 6.00. The summed E-state index contributed by atoms with van der Waals surface area (Å²) in [5.41, 5.74) is 2.66. The Kier molecular flexibility index (Phi) is 3.12. The van der Waals surface area contributed by atoms with Crippen LogP contribution in [0.4, 0.5) is 0 Å². The monoisotopic (exact) mass is 305 g/mol. The van der Waals surface area contributed by atoms with Gasteiger partial charge in [-0.2, -0.15) is 10.1 Å². The minimum atomic E-state index is 0.568. The number of rotatable bonds is 3. The van der Waals surface area contributed by atoms with E-state index in [0.29, 0.717) is 11.6 Å². The van der Waals surface area contributed by atoms with Gasteiger partial charge in [0.25, 0.3) is 0 Å². The van der Waals surface area contributed by atoms with E-state index in [1.54, 1.807) is 7.11 Å². The van der Waals surface area contributed by atoms with Crippen molar-refractivity contribution in [1.82, 2.24) is 14.6 Å². The predicted molar refractivity (Wildman–Crippen MR) is 88.3 cm³/mol. The molecule has 0 aliphatic carbocycles. The lowest BCUT2D eigenvalue weighted by Crippen LogP contribution is -1.97. The first kappa shape index (κ1) is 13.6. The summed E-state index contributed by atoms with van der Waals surface area (Å²) in [5, 5.41) is 5.41. The molecule has 0 saturated heterocycles. The number of fused-ring (bicyclic) bond motifs is 3. The smallest absolute Gasteiger partial charge is 0.230 e. The second-order valence-corrected chi connectivity index (χ2v) is 5.27. The molecule has 0 amide bonds. The SMILES string of the molecule is COc1ccc(Oc2nc3cc(C)nn3c3ccccc23)cc1. The average Bonchev–Trinajstić information content (AvgIpc) is 2.96. The zero-order chi connectivity index (χ0) is 15.8. The van der Waals surface area contributed by atoms with E-state index >= 15 is 0 Å². The van der Waals surface area contributed by atoms with Crippen LogP contribution in [0.25, 0.3) is 16.6 Å². The summed E-state index contributed by atoms with van der Waals surface area (Å²) >= 11 is 0. The molecule has 0 fully saturated rings. The van der Waals surface area contributed by atoms with Gasteiger partial charge in [0.2, 0.25) is 5.88 Å². The number of benzene rings is 2. The van der Waals surface area contributed by atoms with Crippen LogP contribution in [0.3, 0.4) is 0 Å². The first-order valence-electron chi connectivity index (χ1n) is 7.31. The van der Waals surface area contributed by atoms with E-state index in [4.69, 9.17) is 9.47 Å². The molecule has 0 atom stereocenters. The Hall–Kier alpha value is -3.08. The Morgan fingerprint density at radius 3 is 2.48 bits per heavy atom. The van der Waals surface area contributed by atoms with E-state index in [2.05, 4.69) is 10.1 Å². The minimum absolute atomic E-state index is 0.568. The van der Waals surface area contributed by atoms with Gasteiger partial charge in [0.1, 0.15) is 11.5 Å². The summed E-state index contributed by atoms with van der Waals surface area (Å²) in [5.74, 6) is 2.07. The Bertz CT molecular complexity index is 990. The van der Waals surface area contributed by atoms with Crippen LogP contribution in [-0.4, -0.2) is 21.7 Å². The summed E-state index contributed by atoms with van der Waals surface area (Å²) in [7, 11) is 1.64. The lowest BCUT2D eigenvalue weighted by Gasteiger charge is -2.09. The first-order valence-corrected chi connectivity index (χ1v) is 7.31. The van der Waals surface area contributed by atoms with Crippen LogP contribution in [0.1, 0.15) is 5.69 Å². The fraction of sp³-hybridized carbons (Fsp3) is 0.111. The van der Waals surface area contributed by atoms with E-state index in [1.807, 2.05) is 66.0 Å². The standard InChI is InChI=1S/C18H15N3O2/c1-12-11-17-19-18(23-14-9-7-13(22-2)8-10-14)15-5-3-4-6-16(15)21(17)20-12/h3-11H,1-2H3. The zero-order valence-electron chi connectivity index (χ0n) is 12.9. The number of hydrogen-bond donors (Lipinski definition) is 0. The molecule has 0 aliphatic heterocycles. The van der Waals surface area contributed by atoms with Crippen LogP contribution >= 0.6 is 0 Å². The number of aromatic nitrogens is 3. The van der Waals surface area contributed by atoms with Crippen molar-refractivity contribution < 1.29 is 9.47 Å². The molecule has 23 heavy (non-hydrogen) atoms. The molecule has 0 bridgehead atoms. The Morgan fingerprint density at radius 2 is 1.70 bits per heavy atom. The fourth-order valence-electron chi connectivity index (χ4n) is 2.58. The third kappa shape index (κ3) is 2.36. The molecule has 0 N–H and O–H groups in total. The van der Waals surface area contributed by atoms with Crippen molar-refractivity contribution in [3.8, 4) is 17.4 Å². The highest BCUT2D eigenvalue weighted by molar-refractivity contribution is 5.86. The molecule has 4 aromatic rings. The fourth-order valence-corrected chi connectivity index (χ4v) is 2.58. The highest BCUT2D eigenvalue weighted by Crippen LogP contribution is 2.30. The topological polar surface area (TPSA) is 48.7 Å². The molecule has 2 aromatic heterocycles. The van der Waals surface area contributed by atoms with Gasteiger partial charge in [-0.05, 0) is 43.3 Å². The summed E-state index contributed by atoms with van der Waals surface area (Å²) in [4.78, 5) is 4.61. The molecule has 0 spiro atoms. The molecule has 0 radical (unpaired) electrons. The number of nitrogens with zero attached hydrogens (tertiary/aromatic N) is 3. The van der Waals surface area contributed by atoms with Crippen LogP contribution < -0.4 is 9.47 Å². The van der Waals surface area contributed by atoms with Gasteiger partial charge in [-0.15, -0.1) is 0 Å². The van der Waals surface area contributed by atoms with Crippen LogP contribution in [0, 0.1) is 6.92 Å². The quantitative estimate of drug-likeness (QED) is 0.574. The average molecular weight is 305 g/mol. The molecule has 0 saturated carbocycles. The number of aryl methyl sites for hydroxylation is 1. The van der Waals surface area contributed by atoms with Gasteiger partial charge in [0, 0.05) is 6.07 Å². The summed E-state index contributed by atoms with van der Waals surface area (Å²) < 4.78 is 13.0. The van der Waals surface area contributed by atoms with Crippen molar-refractivity contribution in [3.05, 3.63) is 60.3 Å². The van der Waals surface area contributed by atoms with Gasteiger partial charge in [-0.1, -0.05) is 12.1 Å². The second-order valence-electron chi connectivity index (χ2n) is 5.27. The van der Waals surface area contributed by atoms with Crippen LogP contribution in [0.15, 0.2) is 54.6 Å². The highest BCUT2D eigenvalue weighted by Gasteiger charge is 2.11. The van der Waals surface area contributed by atoms with Crippen LogP contribution in [0.2, 0.25) is 0 Å². The van der Waals surface area contributed by atoms with Gasteiger partial charge in [0.05, 0.1) is 23.7 Å². The van der Waals surface area contributed by atoms with E-state index in [1.165, 1.54) is 0 Å². The molecule has 0 unspecified atom stereocenters. The number of hydrogen-bond acceptors (Lipinski definition) is 4. The molecule has 4 rings (SSSR count). The van der Waals surface area contributed by atoms with E-state index in [9.17, 15) is 0 Å².